The van der Waals surface area contributed by atoms with Crippen LogP contribution in [0.3, 0.4) is 0 Å². The molecule has 0 bridgehead atoms. The molecule has 1 N–H and O–H groups in total. The monoisotopic (exact) mass is 406 g/mol. The highest BCUT2D eigenvalue weighted by molar-refractivity contribution is 7.11. The van der Waals surface area contributed by atoms with E-state index in [1.165, 1.54) is 25.6 Å². The van der Waals surface area contributed by atoms with Crippen molar-refractivity contribution >= 4 is 40.1 Å². The van der Waals surface area contributed by atoms with Gasteiger partial charge in [-0.15, -0.1) is 11.3 Å². The van der Waals surface area contributed by atoms with Gasteiger partial charge in [0.15, 0.2) is 11.5 Å². The average molecular weight is 406 g/mol. The zero-order valence-electron chi connectivity index (χ0n) is 15.8. The minimum atomic E-state index is -0.422. The summed E-state index contributed by atoms with van der Waals surface area (Å²) < 4.78 is 10.6. The van der Waals surface area contributed by atoms with E-state index in [0.29, 0.717) is 22.8 Å². The van der Waals surface area contributed by atoms with Crippen LogP contribution >= 0.6 is 11.3 Å². The van der Waals surface area contributed by atoms with E-state index in [0.717, 1.165) is 15.5 Å². The van der Waals surface area contributed by atoms with E-state index in [1.54, 1.807) is 18.2 Å². The molecule has 0 fully saturated rings. The number of carbonyl (C=O) groups excluding carboxylic acids is 2. The second-order valence-electron chi connectivity index (χ2n) is 6.20. The summed E-state index contributed by atoms with van der Waals surface area (Å²) in [4.78, 5) is 28.5. The SMILES string of the molecule is COc1ccc(N2C(=O)C(Nc3ccccc3)=C(c3cccs3)C2=O)cc1OC. The number of ether oxygens (including phenoxy) is 2. The second kappa shape index (κ2) is 7.81. The fourth-order valence-corrected chi connectivity index (χ4v) is 3.93. The van der Waals surface area contributed by atoms with Crippen LogP contribution in [0, 0.1) is 0 Å². The number of para-hydroxylation sites is 1. The third-order valence-corrected chi connectivity index (χ3v) is 5.41. The first-order valence-electron chi connectivity index (χ1n) is 8.85. The van der Waals surface area contributed by atoms with Gasteiger partial charge in [0.1, 0.15) is 5.70 Å². The van der Waals surface area contributed by atoms with Crippen LogP contribution in [0.1, 0.15) is 4.88 Å². The summed E-state index contributed by atoms with van der Waals surface area (Å²) in [5, 5.41) is 5.00. The lowest BCUT2D eigenvalue weighted by Gasteiger charge is -2.17. The molecule has 2 amide bonds. The predicted molar refractivity (Wildman–Crippen MR) is 113 cm³/mol. The van der Waals surface area contributed by atoms with E-state index in [9.17, 15) is 9.59 Å². The molecule has 0 aliphatic carbocycles. The van der Waals surface area contributed by atoms with Crippen molar-refractivity contribution in [1.82, 2.24) is 0 Å². The summed E-state index contributed by atoms with van der Waals surface area (Å²) in [5.41, 5.74) is 1.74. The molecule has 7 heteroatoms. The van der Waals surface area contributed by atoms with Crippen molar-refractivity contribution in [2.45, 2.75) is 0 Å². The van der Waals surface area contributed by atoms with E-state index in [1.807, 2.05) is 47.8 Å². The number of hydrogen-bond donors (Lipinski definition) is 1. The minimum Gasteiger partial charge on any atom is -0.493 e. The Balaban J connectivity index is 1.78. The lowest BCUT2D eigenvalue weighted by molar-refractivity contribution is -0.120. The molecular formula is C22H18N2O4S. The molecule has 0 spiro atoms. The molecule has 1 aliphatic heterocycles. The summed E-state index contributed by atoms with van der Waals surface area (Å²) in [7, 11) is 3.04. The largest absolute Gasteiger partial charge is 0.493 e. The Morgan fingerprint density at radius 1 is 0.862 bits per heavy atom. The molecule has 146 valence electrons. The molecule has 0 atom stereocenters. The summed E-state index contributed by atoms with van der Waals surface area (Å²) in [6.07, 6.45) is 0. The Labute approximate surface area is 172 Å². The number of amides is 2. The number of carbonyl (C=O) groups is 2. The van der Waals surface area contributed by atoms with Gasteiger partial charge >= 0.3 is 0 Å². The number of nitrogens with zero attached hydrogens (tertiary/aromatic N) is 1. The summed E-state index contributed by atoms with van der Waals surface area (Å²) in [6.45, 7) is 0. The van der Waals surface area contributed by atoms with Crippen LogP contribution in [0.15, 0.2) is 71.7 Å². The molecule has 2 aromatic carbocycles. The number of imide groups is 1. The van der Waals surface area contributed by atoms with Crippen molar-refractivity contribution in [3.8, 4) is 11.5 Å². The zero-order chi connectivity index (χ0) is 20.4. The molecule has 1 aliphatic rings. The van der Waals surface area contributed by atoms with Crippen LogP contribution < -0.4 is 19.7 Å². The van der Waals surface area contributed by atoms with Gasteiger partial charge in [-0.2, -0.15) is 0 Å². The molecule has 29 heavy (non-hydrogen) atoms. The van der Waals surface area contributed by atoms with Crippen molar-refractivity contribution in [2.75, 3.05) is 24.4 Å². The molecule has 6 nitrogen and oxygen atoms in total. The van der Waals surface area contributed by atoms with Gasteiger partial charge in [0.2, 0.25) is 0 Å². The van der Waals surface area contributed by atoms with Gasteiger partial charge in [-0.1, -0.05) is 24.3 Å². The van der Waals surface area contributed by atoms with E-state index in [4.69, 9.17) is 9.47 Å². The van der Waals surface area contributed by atoms with Crippen LogP contribution in [0.4, 0.5) is 11.4 Å². The van der Waals surface area contributed by atoms with Gasteiger partial charge in [0.25, 0.3) is 11.8 Å². The Morgan fingerprint density at radius 3 is 2.28 bits per heavy atom. The molecular weight excluding hydrogens is 388 g/mol. The fraction of sp³-hybridized carbons (Fsp3) is 0.0909. The van der Waals surface area contributed by atoms with Crippen molar-refractivity contribution in [3.05, 3.63) is 76.6 Å². The van der Waals surface area contributed by atoms with Crippen molar-refractivity contribution in [3.63, 3.8) is 0 Å². The first-order valence-corrected chi connectivity index (χ1v) is 9.73. The predicted octanol–water partition coefficient (Wildman–Crippen LogP) is 4.16. The smallest absolute Gasteiger partial charge is 0.282 e. The van der Waals surface area contributed by atoms with E-state index in [2.05, 4.69) is 5.32 Å². The molecule has 0 radical (unpaired) electrons. The van der Waals surface area contributed by atoms with E-state index >= 15 is 0 Å². The van der Waals surface area contributed by atoms with E-state index in [-0.39, 0.29) is 11.6 Å². The minimum absolute atomic E-state index is 0.249. The summed E-state index contributed by atoms with van der Waals surface area (Å²) in [5.74, 6) is 0.148. The molecule has 3 aromatic rings. The maximum Gasteiger partial charge on any atom is 0.282 e. The number of hydrogen-bond acceptors (Lipinski definition) is 6. The fourth-order valence-electron chi connectivity index (χ4n) is 3.16. The Morgan fingerprint density at radius 2 is 1.62 bits per heavy atom. The third-order valence-electron chi connectivity index (χ3n) is 4.52. The molecule has 0 saturated carbocycles. The molecule has 1 aromatic heterocycles. The number of benzene rings is 2. The van der Waals surface area contributed by atoms with Crippen LogP contribution in [0.2, 0.25) is 0 Å². The van der Waals surface area contributed by atoms with Crippen molar-refractivity contribution < 1.29 is 19.1 Å². The van der Waals surface area contributed by atoms with Crippen LogP contribution in [-0.4, -0.2) is 26.0 Å². The average Bonchev–Trinajstić information content (AvgIpc) is 3.35. The van der Waals surface area contributed by atoms with Crippen LogP contribution in [-0.2, 0) is 9.59 Å². The van der Waals surface area contributed by atoms with Gasteiger partial charge in [0.05, 0.1) is 25.5 Å². The third kappa shape index (κ3) is 3.36. The molecule has 0 unspecified atom stereocenters. The Bertz CT molecular complexity index is 1090. The highest BCUT2D eigenvalue weighted by atomic mass is 32.1. The van der Waals surface area contributed by atoms with Crippen molar-refractivity contribution in [2.24, 2.45) is 0 Å². The summed E-state index contributed by atoms with van der Waals surface area (Å²) >= 11 is 1.41. The number of nitrogens with one attached hydrogen (secondary N) is 1. The lowest BCUT2D eigenvalue weighted by Crippen LogP contribution is -2.32. The standard InChI is InChI=1S/C22H18N2O4S/c1-27-16-11-10-15(13-17(16)28-2)24-21(25)19(18-9-6-12-29-18)20(22(24)26)23-14-7-4-3-5-8-14/h3-13,23H,1-2H3. The highest BCUT2D eigenvalue weighted by Crippen LogP contribution is 2.38. The second-order valence-corrected chi connectivity index (χ2v) is 7.15. The summed E-state index contributed by atoms with van der Waals surface area (Å²) in [6, 6.07) is 17.9. The first kappa shape index (κ1) is 18.8. The van der Waals surface area contributed by atoms with Gasteiger partial charge in [0, 0.05) is 16.6 Å². The van der Waals surface area contributed by atoms with Gasteiger partial charge in [-0.25, -0.2) is 4.90 Å². The zero-order valence-corrected chi connectivity index (χ0v) is 16.7. The normalized spacial score (nSPS) is 13.8. The van der Waals surface area contributed by atoms with Gasteiger partial charge in [-0.3, -0.25) is 9.59 Å². The van der Waals surface area contributed by atoms with Gasteiger partial charge < -0.3 is 14.8 Å². The maximum atomic E-state index is 13.3. The molecule has 4 rings (SSSR count). The van der Waals surface area contributed by atoms with Crippen LogP contribution in [0.5, 0.6) is 11.5 Å². The molecule has 0 saturated heterocycles. The Kier molecular flexibility index (Phi) is 5.05. The van der Waals surface area contributed by atoms with E-state index < -0.39 is 5.91 Å². The number of methoxy groups -OCH3 is 2. The number of anilines is 2. The lowest BCUT2D eigenvalue weighted by atomic mass is 10.2. The molecule has 2 heterocycles. The van der Waals surface area contributed by atoms with Gasteiger partial charge in [-0.05, 0) is 35.7 Å². The number of thiophene rings is 1. The number of rotatable bonds is 6. The highest BCUT2D eigenvalue weighted by Gasteiger charge is 2.41. The van der Waals surface area contributed by atoms with Crippen LogP contribution in [0.25, 0.3) is 5.57 Å². The first-order chi connectivity index (χ1) is 14.1. The maximum absolute atomic E-state index is 13.3. The van der Waals surface area contributed by atoms with Crippen molar-refractivity contribution in [1.29, 1.82) is 0 Å². The Hall–Kier alpha value is -3.58. The quantitative estimate of drug-likeness (QED) is 0.623. The topological polar surface area (TPSA) is 67.9 Å².